The van der Waals surface area contributed by atoms with Crippen molar-refractivity contribution in [3.8, 4) is 5.75 Å². The van der Waals surface area contributed by atoms with Gasteiger partial charge in [0.05, 0.1) is 6.61 Å². The van der Waals surface area contributed by atoms with Gasteiger partial charge in [0, 0.05) is 23.2 Å². The van der Waals surface area contributed by atoms with E-state index in [4.69, 9.17) is 4.74 Å². The molecule has 1 atom stereocenters. The van der Waals surface area contributed by atoms with Gasteiger partial charge in [-0.1, -0.05) is 12.1 Å². The van der Waals surface area contributed by atoms with E-state index in [1.165, 1.54) is 23.0 Å². The zero-order chi connectivity index (χ0) is 21.1. The topological polar surface area (TPSA) is 64.3 Å². The average Bonchev–Trinajstić information content (AvgIpc) is 3.22. The molecule has 1 fully saturated rings. The van der Waals surface area contributed by atoms with E-state index in [0.29, 0.717) is 11.3 Å². The van der Waals surface area contributed by atoms with Crippen molar-refractivity contribution in [2.45, 2.75) is 32.9 Å². The van der Waals surface area contributed by atoms with Crippen molar-refractivity contribution in [2.24, 2.45) is 0 Å². The van der Waals surface area contributed by atoms with Crippen LogP contribution in [0.2, 0.25) is 0 Å². The van der Waals surface area contributed by atoms with Crippen LogP contribution in [0.25, 0.3) is 0 Å². The summed E-state index contributed by atoms with van der Waals surface area (Å²) >= 11 is 0. The molecule has 30 heavy (non-hydrogen) atoms. The minimum atomic E-state index is -0.121. The van der Waals surface area contributed by atoms with Crippen LogP contribution >= 0.6 is 0 Å². The van der Waals surface area contributed by atoms with E-state index in [9.17, 15) is 9.59 Å². The normalized spacial score (nSPS) is 21.4. The number of carbonyl (C=O) groups is 2. The third kappa shape index (κ3) is 4.71. The average molecular weight is 410 g/mol. The molecule has 2 aromatic rings. The van der Waals surface area contributed by atoms with Gasteiger partial charge >= 0.3 is 0 Å². The third-order valence-corrected chi connectivity index (χ3v) is 6.35. The lowest BCUT2D eigenvalue weighted by Gasteiger charge is -2.32. The highest BCUT2D eigenvalue weighted by Crippen LogP contribution is 2.25. The summed E-state index contributed by atoms with van der Waals surface area (Å²) in [6, 6.07) is 13.6. The number of benzene rings is 2. The van der Waals surface area contributed by atoms with Crippen LogP contribution in [-0.4, -0.2) is 50.5 Å². The number of anilines is 1. The van der Waals surface area contributed by atoms with Crippen molar-refractivity contribution in [1.82, 2.24) is 0 Å². The van der Waals surface area contributed by atoms with E-state index < -0.39 is 0 Å². The molecule has 1 saturated heterocycles. The summed E-state index contributed by atoms with van der Waals surface area (Å²) < 4.78 is 5.60. The first-order valence-electron chi connectivity index (χ1n) is 10.8. The molecule has 4 rings (SSSR count). The fourth-order valence-electron chi connectivity index (χ4n) is 4.42. The number of hydrogen-bond acceptors (Lipinski definition) is 3. The Morgan fingerprint density at radius 1 is 1.10 bits per heavy atom. The molecule has 0 aliphatic carbocycles. The highest BCUT2D eigenvalue weighted by Gasteiger charge is 2.31. The molecule has 2 aromatic carbocycles. The number of fused-ring (bicyclic) bond motifs is 1. The van der Waals surface area contributed by atoms with Crippen LogP contribution in [-0.2, 0) is 17.8 Å². The minimum Gasteiger partial charge on any atom is -0.493 e. The van der Waals surface area contributed by atoms with E-state index in [1.54, 1.807) is 23.1 Å². The number of ketones is 1. The van der Waals surface area contributed by atoms with Gasteiger partial charge in [-0.05, 0) is 49.7 Å². The predicted molar refractivity (Wildman–Crippen MR) is 115 cm³/mol. The maximum Gasteiger partial charge on any atom is 0.282 e. The zero-order valence-corrected chi connectivity index (χ0v) is 17.8. The van der Waals surface area contributed by atoms with E-state index in [2.05, 4.69) is 23.5 Å². The van der Waals surface area contributed by atoms with Gasteiger partial charge in [-0.25, -0.2) is 0 Å². The lowest BCUT2D eigenvalue weighted by Crippen LogP contribution is -3.29. The quantitative estimate of drug-likeness (QED) is 0.595. The first kappa shape index (κ1) is 20.6. The zero-order valence-electron chi connectivity index (χ0n) is 17.8. The van der Waals surface area contributed by atoms with Crippen LogP contribution < -0.4 is 19.9 Å². The van der Waals surface area contributed by atoms with E-state index in [-0.39, 0.29) is 17.7 Å². The van der Waals surface area contributed by atoms with Gasteiger partial charge in [0.15, 0.2) is 11.8 Å². The molecule has 0 radical (unpaired) electrons. The summed E-state index contributed by atoms with van der Waals surface area (Å²) in [5, 5.41) is 2.98. The van der Waals surface area contributed by atoms with Crippen LogP contribution in [0, 0.1) is 0 Å². The number of nitrogens with one attached hydrogen (secondary N) is 3. The van der Waals surface area contributed by atoms with Gasteiger partial charge < -0.3 is 19.9 Å². The number of quaternary nitrogens is 2. The van der Waals surface area contributed by atoms with Crippen LogP contribution in [0.5, 0.6) is 5.75 Å². The molecule has 0 bridgehead atoms. The van der Waals surface area contributed by atoms with Crippen molar-refractivity contribution < 1.29 is 24.1 Å². The Morgan fingerprint density at radius 2 is 1.90 bits per heavy atom. The fraction of sp³-hybridized carbons (Fsp3) is 0.417. The Kier molecular flexibility index (Phi) is 6.16. The summed E-state index contributed by atoms with van der Waals surface area (Å²) in [6.07, 6.45) is 1.01. The highest BCUT2D eigenvalue weighted by atomic mass is 16.5. The maximum atomic E-state index is 12.7. The Morgan fingerprint density at radius 3 is 2.67 bits per heavy atom. The molecule has 3 N–H and O–H groups in total. The monoisotopic (exact) mass is 409 g/mol. The summed E-state index contributed by atoms with van der Waals surface area (Å²) in [6.45, 7) is 9.42. The van der Waals surface area contributed by atoms with Gasteiger partial charge in [0.2, 0.25) is 0 Å². The Hall–Kier alpha value is -2.70. The molecular weight excluding hydrogens is 378 g/mol. The summed E-state index contributed by atoms with van der Waals surface area (Å²) in [4.78, 5) is 27.2. The van der Waals surface area contributed by atoms with Crippen LogP contribution in [0.3, 0.4) is 0 Å². The molecule has 2 heterocycles. The van der Waals surface area contributed by atoms with Gasteiger partial charge in [-0.2, -0.15) is 0 Å². The molecule has 158 valence electrons. The van der Waals surface area contributed by atoms with Crippen molar-refractivity contribution in [2.75, 3.05) is 38.1 Å². The van der Waals surface area contributed by atoms with E-state index >= 15 is 0 Å². The number of piperazine rings is 1. The largest absolute Gasteiger partial charge is 0.493 e. The Balaban J connectivity index is 1.28. The number of carbonyl (C=O) groups excluding carboxylic acids is 2. The first-order chi connectivity index (χ1) is 14.5. The second kappa shape index (κ2) is 8.98. The van der Waals surface area contributed by atoms with Gasteiger partial charge in [0.1, 0.15) is 38.5 Å². The van der Waals surface area contributed by atoms with Crippen molar-refractivity contribution in [3.05, 3.63) is 59.2 Å². The molecule has 6 nitrogen and oxygen atoms in total. The second-order valence-corrected chi connectivity index (χ2v) is 8.47. The third-order valence-electron chi connectivity index (χ3n) is 6.35. The lowest BCUT2D eigenvalue weighted by atomic mass is 10.1. The number of amides is 1. The van der Waals surface area contributed by atoms with Crippen molar-refractivity contribution in [3.63, 3.8) is 0 Å². The number of Topliss-reactive ketones (excluding diaryl/α,β-unsaturated/α-hetero) is 1. The summed E-state index contributed by atoms with van der Waals surface area (Å²) in [5.41, 5.74) is 4.00. The van der Waals surface area contributed by atoms with E-state index in [0.717, 1.165) is 51.5 Å². The molecule has 2 aliphatic heterocycles. The van der Waals surface area contributed by atoms with Crippen LogP contribution in [0.4, 0.5) is 5.69 Å². The van der Waals surface area contributed by atoms with Gasteiger partial charge in [-0.15, -0.1) is 0 Å². The summed E-state index contributed by atoms with van der Waals surface area (Å²) in [5.74, 6) is 1.05. The standard InChI is InChI=1S/C24H29N3O3/c1-17(24(29)25-22-5-3-4-20(15-22)18(2)28)27-11-9-26(10-12-27)16-19-6-7-23-21(14-19)8-13-30-23/h3-7,14-15,17H,8-13,16H2,1-2H3,(H,25,29)/p+2/t17-/m1/s1. The minimum absolute atomic E-state index is 0.000216. The fourth-order valence-corrected chi connectivity index (χ4v) is 4.42. The molecule has 2 aliphatic rings. The highest BCUT2D eigenvalue weighted by molar-refractivity contribution is 5.97. The molecule has 0 spiro atoms. The van der Waals surface area contributed by atoms with Crippen LogP contribution in [0.15, 0.2) is 42.5 Å². The SMILES string of the molecule is CC(=O)c1cccc(NC(=O)[C@@H](C)[NH+]2CC[NH+](Cc3ccc4c(c3)CCO4)CC2)c1. The number of ether oxygens (including phenoxy) is 1. The van der Waals surface area contributed by atoms with Gasteiger partial charge in [-0.3, -0.25) is 9.59 Å². The van der Waals surface area contributed by atoms with E-state index in [1.807, 2.05) is 13.0 Å². The van der Waals surface area contributed by atoms with Gasteiger partial charge in [0.25, 0.3) is 5.91 Å². The molecule has 0 unspecified atom stereocenters. The molecule has 1 amide bonds. The number of rotatable bonds is 6. The smallest absolute Gasteiger partial charge is 0.282 e. The molecular formula is C24H31N3O3+2. The Labute approximate surface area is 177 Å². The Bertz CT molecular complexity index is 935. The lowest BCUT2D eigenvalue weighted by molar-refractivity contribution is -1.02. The molecule has 0 aromatic heterocycles. The van der Waals surface area contributed by atoms with Crippen molar-refractivity contribution >= 4 is 17.4 Å². The van der Waals surface area contributed by atoms with Crippen LogP contribution in [0.1, 0.15) is 35.3 Å². The van der Waals surface area contributed by atoms with Crippen molar-refractivity contribution in [1.29, 1.82) is 0 Å². The first-order valence-corrected chi connectivity index (χ1v) is 10.8. The number of hydrogen-bond donors (Lipinski definition) is 3. The predicted octanol–water partition coefficient (Wildman–Crippen LogP) is 0.135. The summed E-state index contributed by atoms with van der Waals surface area (Å²) in [7, 11) is 0. The molecule has 0 saturated carbocycles. The second-order valence-electron chi connectivity index (χ2n) is 8.47. The maximum absolute atomic E-state index is 12.7. The molecule has 6 heteroatoms.